The quantitative estimate of drug-likeness (QED) is 0.826. The Hall–Kier alpha value is -1.39. The summed E-state index contributed by atoms with van der Waals surface area (Å²) in [5, 5.41) is 9.27. The number of ketones is 1. The summed E-state index contributed by atoms with van der Waals surface area (Å²) >= 11 is 0. The van der Waals surface area contributed by atoms with Crippen LogP contribution in [0.4, 0.5) is 0 Å². The van der Waals surface area contributed by atoms with Crippen molar-refractivity contribution < 1.29 is 19.4 Å². The van der Waals surface area contributed by atoms with Crippen LogP contribution in [0.1, 0.15) is 5.56 Å². The first kappa shape index (κ1) is 11.1. The predicted octanol–water partition coefficient (Wildman–Crippen LogP) is 0.919. The zero-order valence-corrected chi connectivity index (χ0v) is 8.89. The summed E-state index contributed by atoms with van der Waals surface area (Å²) in [6, 6.07) is 6.69. The summed E-state index contributed by atoms with van der Waals surface area (Å²) in [7, 11) is 0. The van der Waals surface area contributed by atoms with Crippen molar-refractivity contribution >= 4 is 5.78 Å². The van der Waals surface area contributed by atoms with Crippen LogP contribution in [0.5, 0.6) is 5.75 Å². The topological polar surface area (TPSA) is 55.8 Å². The second kappa shape index (κ2) is 5.09. The van der Waals surface area contributed by atoms with Gasteiger partial charge in [0.25, 0.3) is 0 Å². The van der Waals surface area contributed by atoms with Crippen molar-refractivity contribution in [1.29, 1.82) is 0 Å². The van der Waals surface area contributed by atoms with Crippen molar-refractivity contribution in [1.82, 2.24) is 0 Å². The highest BCUT2D eigenvalue weighted by Gasteiger charge is 2.22. The number of carbonyl (C=O) groups is 1. The largest absolute Gasteiger partial charge is 0.508 e. The normalized spacial score (nSPS) is 20.6. The third-order valence-electron chi connectivity index (χ3n) is 2.46. The Morgan fingerprint density at radius 1 is 1.44 bits per heavy atom. The molecule has 1 aliphatic heterocycles. The molecule has 1 N–H and O–H groups in total. The number of ether oxygens (including phenoxy) is 2. The maximum absolute atomic E-state index is 11.8. The molecule has 0 aromatic heterocycles. The molecule has 0 radical (unpaired) electrons. The molecule has 0 bridgehead atoms. The predicted molar refractivity (Wildman–Crippen MR) is 57.4 cm³/mol. The molecule has 1 saturated heterocycles. The molecule has 1 atom stereocenters. The maximum atomic E-state index is 11.8. The summed E-state index contributed by atoms with van der Waals surface area (Å²) in [4.78, 5) is 11.8. The molecule has 1 heterocycles. The SMILES string of the molecule is O=C(Cc1cccc(O)c1)C1COCCO1. The monoisotopic (exact) mass is 222 g/mol. The van der Waals surface area contributed by atoms with E-state index in [2.05, 4.69) is 0 Å². The van der Waals surface area contributed by atoms with Gasteiger partial charge in [0.05, 0.1) is 19.8 Å². The molecule has 1 aromatic carbocycles. The zero-order chi connectivity index (χ0) is 11.4. The summed E-state index contributed by atoms with van der Waals surface area (Å²) in [6.07, 6.45) is -0.196. The van der Waals surface area contributed by atoms with Crippen LogP contribution in [-0.4, -0.2) is 36.8 Å². The summed E-state index contributed by atoms with van der Waals surface area (Å²) in [5.74, 6) is 0.163. The van der Waals surface area contributed by atoms with Gasteiger partial charge in [-0.25, -0.2) is 0 Å². The van der Waals surface area contributed by atoms with Gasteiger partial charge in [0, 0.05) is 6.42 Å². The van der Waals surface area contributed by atoms with Crippen molar-refractivity contribution in [2.24, 2.45) is 0 Å². The van der Waals surface area contributed by atoms with Gasteiger partial charge in [-0.15, -0.1) is 0 Å². The second-order valence-corrected chi connectivity index (χ2v) is 3.75. The number of aromatic hydroxyl groups is 1. The van der Waals surface area contributed by atoms with Crippen LogP contribution in [0, 0.1) is 0 Å². The molecule has 86 valence electrons. The maximum Gasteiger partial charge on any atom is 0.168 e. The van der Waals surface area contributed by atoms with Crippen molar-refractivity contribution in [3.8, 4) is 5.75 Å². The van der Waals surface area contributed by atoms with E-state index in [0.29, 0.717) is 19.8 Å². The van der Waals surface area contributed by atoms with E-state index in [1.165, 1.54) is 0 Å². The van der Waals surface area contributed by atoms with Crippen LogP contribution in [-0.2, 0) is 20.7 Å². The lowest BCUT2D eigenvalue weighted by Crippen LogP contribution is -2.36. The fourth-order valence-electron chi connectivity index (χ4n) is 1.66. The Balaban J connectivity index is 1.96. The van der Waals surface area contributed by atoms with E-state index in [-0.39, 0.29) is 18.0 Å². The Morgan fingerprint density at radius 2 is 2.31 bits per heavy atom. The van der Waals surface area contributed by atoms with E-state index in [9.17, 15) is 9.90 Å². The first-order valence-corrected chi connectivity index (χ1v) is 5.25. The van der Waals surface area contributed by atoms with E-state index in [1.54, 1.807) is 24.3 Å². The zero-order valence-electron chi connectivity index (χ0n) is 8.89. The molecule has 16 heavy (non-hydrogen) atoms. The number of Topliss-reactive ketones (excluding diaryl/α,β-unsaturated/α-hetero) is 1. The van der Waals surface area contributed by atoms with Gasteiger partial charge >= 0.3 is 0 Å². The van der Waals surface area contributed by atoms with E-state index in [1.807, 2.05) is 0 Å². The van der Waals surface area contributed by atoms with E-state index in [4.69, 9.17) is 9.47 Å². The van der Waals surface area contributed by atoms with Crippen LogP contribution in [0.25, 0.3) is 0 Å². The number of benzene rings is 1. The Morgan fingerprint density at radius 3 is 3.00 bits per heavy atom. The van der Waals surface area contributed by atoms with E-state index >= 15 is 0 Å². The molecule has 1 unspecified atom stereocenters. The van der Waals surface area contributed by atoms with Crippen molar-refractivity contribution in [3.63, 3.8) is 0 Å². The smallest absolute Gasteiger partial charge is 0.168 e. The standard InChI is InChI=1S/C12H14O4/c13-10-3-1-2-9(6-10)7-11(14)12-8-15-4-5-16-12/h1-3,6,12-13H,4-5,7-8H2. The molecule has 0 amide bonds. The molecule has 1 aliphatic rings. The third kappa shape index (κ3) is 2.81. The van der Waals surface area contributed by atoms with Crippen LogP contribution < -0.4 is 0 Å². The number of phenols is 1. The average molecular weight is 222 g/mol. The van der Waals surface area contributed by atoms with Crippen molar-refractivity contribution in [2.75, 3.05) is 19.8 Å². The highest BCUT2D eigenvalue weighted by Crippen LogP contribution is 2.13. The van der Waals surface area contributed by atoms with Gasteiger partial charge in [-0.3, -0.25) is 4.79 Å². The first-order valence-electron chi connectivity index (χ1n) is 5.25. The van der Waals surface area contributed by atoms with Crippen LogP contribution >= 0.6 is 0 Å². The molecular weight excluding hydrogens is 208 g/mol. The van der Waals surface area contributed by atoms with Gasteiger partial charge in [-0.2, -0.15) is 0 Å². The van der Waals surface area contributed by atoms with Gasteiger partial charge in [0.1, 0.15) is 11.9 Å². The van der Waals surface area contributed by atoms with Gasteiger partial charge in [0.15, 0.2) is 5.78 Å². The number of hydrogen-bond donors (Lipinski definition) is 1. The minimum absolute atomic E-state index is 0.00898. The lowest BCUT2D eigenvalue weighted by atomic mass is 10.1. The fourth-order valence-corrected chi connectivity index (χ4v) is 1.66. The molecule has 2 rings (SSSR count). The molecule has 0 saturated carbocycles. The average Bonchev–Trinajstić information content (AvgIpc) is 2.30. The number of carbonyl (C=O) groups excluding carboxylic acids is 1. The summed E-state index contributed by atoms with van der Waals surface area (Å²) in [6.45, 7) is 1.35. The van der Waals surface area contributed by atoms with E-state index < -0.39 is 6.10 Å². The molecule has 0 aliphatic carbocycles. The van der Waals surface area contributed by atoms with Crippen LogP contribution in [0.2, 0.25) is 0 Å². The van der Waals surface area contributed by atoms with Gasteiger partial charge in [-0.1, -0.05) is 12.1 Å². The molecule has 0 spiro atoms. The van der Waals surface area contributed by atoms with Gasteiger partial charge < -0.3 is 14.6 Å². The number of rotatable bonds is 3. The second-order valence-electron chi connectivity index (χ2n) is 3.75. The molecule has 1 aromatic rings. The lowest BCUT2D eigenvalue weighted by Gasteiger charge is -2.21. The summed E-state index contributed by atoms with van der Waals surface area (Å²) in [5.41, 5.74) is 0.791. The van der Waals surface area contributed by atoms with Crippen molar-refractivity contribution in [2.45, 2.75) is 12.5 Å². The highest BCUT2D eigenvalue weighted by atomic mass is 16.6. The fraction of sp³-hybridized carbons (Fsp3) is 0.417. The van der Waals surface area contributed by atoms with Gasteiger partial charge in [-0.05, 0) is 17.7 Å². The summed E-state index contributed by atoms with van der Waals surface area (Å²) < 4.78 is 10.5. The Kier molecular flexibility index (Phi) is 3.54. The Bertz CT molecular complexity index is 369. The number of hydrogen-bond acceptors (Lipinski definition) is 4. The third-order valence-corrected chi connectivity index (χ3v) is 2.46. The van der Waals surface area contributed by atoms with Crippen LogP contribution in [0.15, 0.2) is 24.3 Å². The van der Waals surface area contributed by atoms with E-state index in [0.717, 1.165) is 5.56 Å². The molecule has 1 fully saturated rings. The Labute approximate surface area is 93.8 Å². The minimum Gasteiger partial charge on any atom is -0.508 e. The minimum atomic E-state index is -0.462. The molecule has 4 nitrogen and oxygen atoms in total. The highest BCUT2D eigenvalue weighted by molar-refractivity contribution is 5.85. The van der Waals surface area contributed by atoms with Gasteiger partial charge in [0.2, 0.25) is 0 Å². The molecule has 4 heteroatoms. The molecular formula is C12H14O4. The first-order chi connectivity index (χ1) is 7.75. The lowest BCUT2D eigenvalue weighted by molar-refractivity contribution is -0.144. The van der Waals surface area contributed by atoms with Crippen LogP contribution in [0.3, 0.4) is 0 Å². The number of phenolic OH excluding ortho intramolecular Hbond substituents is 1. The van der Waals surface area contributed by atoms with Crippen molar-refractivity contribution in [3.05, 3.63) is 29.8 Å².